The van der Waals surface area contributed by atoms with Crippen LogP contribution in [0.1, 0.15) is 27.9 Å². The highest BCUT2D eigenvalue weighted by Crippen LogP contribution is 2.33. The standard InChI is InChI=1S/C22H26N4O2/c1-16-9-10-23-15-18(16)21(27)26-19-6-4-3-5-17(19)7-8-20(26)22(28)25-13-11-24(2)12-14-25/h3-6,9-10,15,20H,7-8,11-14H2,1-2H3. The van der Waals surface area contributed by atoms with Gasteiger partial charge in [0.15, 0.2) is 0 Å². The number of pyridine rings is 1. The molecular formula is C22H26N4O2. The summed E-state index contributed by atoms with van der Waals surface area (Å²) >= 11 is 0. The van der Waals surface area contributed by atoms with Gasteiger partial charge in [-0.2, -0.15) is 0 Å². The second kappa shape index (κ2) is 7.72. The third kappa shape index (κ3) is 3.40. The third-order valence-corrected chi connectivity index (χ3v) is 5.84. The molecule has 6 nitrogen and oxygen atoms in total. The van der Waals surface area contributed by atoms with Crippen LogP contribution < -0.4 is 4.90 Å². The number of rotatable bonds is 2. The molecule has 3 heterocycles. The monoisotopic (exact) mass is 378 g/mol. The Morgan fingerprint density at radius 1 is 1.07 bits per heavy atom. The molecule has 1 saturated heterocycles. The number of nitrogens with zero attached hydrogens (tertiary/aromatic N) is 4. The molecule has 2 aliphatic rings. The van der Waals surface area contributed by atoms with Crippen molar-refractivity contribution in [3.63, 3.8) is 0 Å². The Labute approximate surface area is 165 Å². The number of carbonyl (C=O) groups is 2. The van der Waals surface area contributed by atoms with E-state index in [1.54, 1.807) is 17.3 Å². The molecule has 1 aromatic carbocycles. The molecule has 2 aliphatic heterocycles. The van der Waals surface area contributed by atoms with Gasteiger partial charge in [0.25, 0.3) is 5.91 Å². The lowest BCUT2D eigenvalue weighted by atomic mass is 9.93. The number of anilines is 1. The van der Waals surface area contributed by atoms with Crippen LogP contribution in [-0.2, 0) is 11.2 Å². The van der Waals surface area contributed by atoms with Gasteiger partial charge in [-0.1, -0.05) is 18.2 Å². The first kappa shape index (κ1) is 18.6. The van der Waals surface area contributed by atoms with Crippen LogP contribution in [0.25, 0.3) is 0 Å². The number of likely N-dealkylation sites (N-methyl/N-ethyl adjacent to an activating group) is 1. The van der Waals surface area contributed by atoms with E-state index >= 15 is 0 Å². The predicted molar refractivity (Wildman–Crippen MR) is 108 cm³/mol. The summed E-state index contributed by atoms with van der Waals surface area (Å²) in [5.74, 6) is -0.0947. The maximum atomic E-state index is 13.5. The molecule has 28 heavy (non-hydrogen) atoms. The zero-order valence-electron chi connectivity index (χ0n) is 16.5. The second-order valence-electron chi connectivity index (χ2n) is 7.68. The molecule has 2 amide bonds. The number of aryl methyl sites for hydroxylation is 2. The quantitative estimate of drug-likeness (QED) is 0.803. The number of carbonyl (C=O) groups excluding carboxylic acids is 2. The highest BCUT2D eigenvalue weighted by atomic mass is 16.2. The van der Waals surface area contributed by atoms with Gasteiger partial charge in [-0.25, -0.2) is 0 Å². The molecule has 0 radical (unpaired) electrons. The van der Waals surface area contributed by atoms with E-state index in [2.05, 4.69) is 16.9 Å². The molecule has 1 unspecified atom stereocenters. The minimum Gasteiger partial charge on any atom is -0.338 e. The van der Waals surface area contributed by atoms with Gasteiger partial charge in [-0.3, -0.25) is 19.5 Å². The van der Waals surface area contributed by atoms with Crippen LogP contribution in [0.2, 0.25) is 0 Å². The van der Waals surface area contributed by atoms with Gasteiger partial charge in [-0.05, 0) is 50.1 Å². The van der Waals surface area contributed by atoms with Crippen molar-refractivity contribution in [1.29, 1.82) is 0 Å². The Hall–Kier alpha value is -2.73. The molecule has 1 atom stereocenters. The molecular weight excluding hydrogens is 352 g/mol. The normalized spacial score (nSPS) is 20.0. The van der Waals surface area contributed by atoms with Gasteiger partial charge in [0.05, 0.1) is 5.56 Å². The lowest BCUT2D eigenvalue weighted by Crippen LogP contribution is -2.57. The van der Waals surface area contributed by atoms with Crippen LogP contribution in [0, 0.1) is 6.92 Å². The molecule has 146 valence electrons. The van der Waals surface area contributed by atoms with Crippen LogP contribution >= 0.6 is 0 Å². The summed E-state index contributed by atoms with van der Waals surface area (Å²) in [7, 11) is 2.07. The van der Waals surface area contributed by atoms with Gasteiger partial charge >= 0.3 is 0 Å². The maximum Gasteiger partial charge on any atom is 0.260 e. The minimum absolute atomic E-state index is 0.0532. The molecule has 6 heteroatoms. The van der Waals surface area contributed by atoms with Gasteiger partial charge in [-0.15, -0.1) is 0 Å². The van der Waals surface area contributed by atoms with E-state index in [0.29, 0.717) is 25.1 Å². The molecule has 4 rings (SSSR count). The summed E-state index contributed by atoms with van der Waals surface area (Å²) in [6.45, 7) is 5.06. The average Bonchev–Trinajstić information content (AvgIpc) is 2.73. The molecule has 0 spiro atoms. The zero-order chi connectivity index (χ0) is 19.7. The third-order valence-electron chi connectivity index (χ3n) is 5.84. The van der Waals surface area contributed by atoms with Crippen molar-refractivity contribution in [2.24, 2.45) is 0 Å². The van der Waals surface area contributed by atoms with Gasteiger partial charge < -0.3 is 9.80 Å². The number of benzene rings is 1. The number of aromatic nitrogens is 1. The summed E-state index contributed by atoms with van der Waals surface area (Å²) in [6, 6.07) is 9.27. The van der Waals surface area contributed by atoms with Crippen LogP contribution in [0.15, 0.2) is 42.7 Å². The summed E-state index contributed by atoms with van der Waals surface area (Å²) in [4.78, 5) is 36.9. The van der Waals surface area contributed by atoms with E-state index in [-0.39, 0.29) is 11.8 Å². The van der Waals surface area contributed by atoms with Crippen LogP contribution in [0.3, 0.4) is 0 Å². The SMILES string of the molecule is Cc1ccncc1C(=O)N1c2ccccc2CCC1C(=O)N1CCN(C)CC1. The van der Waals surface area contributed by atoms with E-state index in [1.165, 1.54) is 0 Å². The fraction of sp³-hybridized carbons (Fsp3) is 0.409. The number of fused-ring (bicyclic) bond motifs is 1. The number of amides is 2. The number of piperazine rings is 1. The van der Waals surface area contributed by atoms with E-state index in [9.17, 15) is 9.59 Å². The Kier molecular flexibility index (Phi) is 5.13. The number of hydrogen-bond donors (Lipinski definition) is 0. The van der Waals surface area contributed by atoms with Crippen molar-refractivity contribution in [2.45, 2.75) is 25.8 Å². The lowest BCUT2D eigenvalue weighted by molar-refractivity contribution is -0.134. The number of hydrogen-bond acceptors (Lipinski definition) is 4. The summed E-state index contributed by atoms with van der Waals surface area (Å²) in [5.41, 5.74) is 3.37. The van der Waals surface area contributed by atoms with Crippen molar-refractivity contribution in [2.75, 3.05) is 38.1 Å². The van der Waals surface area contributed by atoms with Crippen molar-refractivity contribution in [1.82, 2.24) is 14.8 Å². The van der Waals surface area contributed by atoms with E-state index in [4.69, 9.17) is 0 Å². The molecule has 1 fully saturated rings. The molecule has 0 N–H and O–H groups in total. The predicted octanol–water partition coefficient (Wildman–Crippen LogP) is 2.13. The summed E-state index contributed by atoms with van der Waals surface area (Å²) in [5, 5.41) is 0. The first-order chi connectivity index (χ1) is 13.6. The summed E-state index contributed by atoms with van der Waals surface area (Å²) in [6.07, 6.45) is 4.73. The second-order valence-corrected chi connectivity index (χ2v) is 7.68. The fourth-order valence-corrected chi connectivity index (χ4v) is 4.09. The van der Waals surface area contributed by atoms with Crippen molar-refractivity contribution >= 4 is 17.5 Å². The topological polar surface area (TPSA) is 56.8 Å². The van der Waals surface area contributed by atoms with Crippen molar-refractivity contribution in [3.8, 4) is 0 Å². The Morgan fingerprint density at radius 3 is 2.57 bits per heavy atom. The zero-order valence-corrected chi connectivity index (χ0v) is 16.5. The molecule has 1 aromatic heterocycles. The number of para-hydroxylation sites is 1. The Morgan fingerprint density at radius 2 is 1.82 bits per heavy atom. The van der Waals surface area contributed by atoms with Crippen LogP contribution in [0.4, 0.5) is 5.69 Å². The van der Waals surface area contributed by atoms with Gasteiger partial charge in [0.2, 0.25) is 5.91 Å². The summed E-state index contributed by atoms with van der Waals surface area (Å²) < 4.78 is 0. The van der Waals surface area contributed by atoms with E-state index in [1.807, 2.05) is 42.2 Å². The first-order valence-electron chi connectivity index (χ1n) is 9.85. The Bertz CT molecular complexity index is 890. The van der Waals surface area contributed by atoms with Crippen molar-refractivity contribution < 1.29 is 9.59 Å². The smallest absolute Gasteiger partial charge is 0.260 e. The van der Waals surface area contributed by atoms with Crippen molar-refractivity contribution in [3.05, 3.63) is 59.4 Å². The first-order valence-corrected chi connectivity index (χ1v) is 9.85. The largest absolute Gasteiger partial charge is 0.338 e. The maximum absolute atomic E-state index is 13.5. The fourth-order valence-electron chi connectivity index (χ4n) is 4.09. The molecule has 2 aromatic rings. The molecule has 0 aliphatic carbocycles. The van der Waals surface area contributed by atoms with Gasteiger partial charge in [0.1, 0.15) is 6.04 Å². The van der Waals surface area contributed by atoms with Gasteiger partial charge in [0, 0.05) is 44.3 Å². The Balaban J connectivity index is 1.70. The highest BCUT2D eigenvalue weighted by Gasteiger charge is 2.38. The molecule has 0 bridgehead atoms. The van der Waals surface area contributed by atoms with Crippen LogP contribution in [-0.4, -0.2) is 65.9 Å². The van der Waals surface area contributed by atoms with Crippen LogP contribution in [0.5, 0.6) is 0 Å². The van der Waals surface area contributed by atoms with E-state index < -0.39 is 6.04 Å². The lowest BCUT2D eigenvalue weighted by Gasteiger charge is -2.41. The average molecular weight is 378 g/mol. The highest BCUT2D eigenvalue weighted by molar-refractivity contribution is 6.11. The van der Waals surface area contributed by atoms with E-state index in [0.717, 1.165) is 36.3 Å². The molecule has 0 saturated carbocycles. The minimum atomic E-state index is -0.467.